The molecule has 2 amide bonds. The normalized spacial score (nSPS) is 17.8. The molecule has 2 rings (SSSR count). The van der Waals surface area contributed by atoms with Crippen LogP contribution in [0.25, 0.3) is 0 Å². The summed E-state index contributed by atoms with van der Waals surface area (Å²) in [6.07, 6.45) is 3.17. The van der Waals surface area contributed by atoms with E-state index >= 15 is 0 Å². The number of benzene rings is 1. The molecular formula is C15H19N3O2. The van der Waals surface area contributed by atoms with Crippen LogP contribution in [0.5, 0.6) is 0 Å². The van der Waals surface area contributed by atoms with E-state index in [-0.39, 0.29) is 5.91 Å². The van der Waals surface area contributed by atoms with Gasteiger partial charge in [0, 0.05) is 18.8 Å². The molecule has 1 fully saturated rings. The van der Waals surface area contributed by atoms with Crippen molar-refractivity contribution in [3.8, 4) is 0 Å². The fourth-order valence-electron chi connectivity index (χ4n) is 2.47. The van der Waals surface area contributed by atoms with E-state index in [1.807, 2.05) is 18.2 Å². The first-order valence-electron chi connectivity index (χ1n) is 6.69. The van der Waals surface area contributed by atoms with Crippen molar-refractivity contribution in [3.05, 3.63) is 42.5 Å². The predicted molar refractivity (Wildman–Crippen MR) is 78.4 cm³/mol. The second kappa shape index (κ2) is 6.23. The molecule has 1 aromatic carbocycles. The number of carbonyl (C=O) groups is 2. The van der Waals surface area contributed by atoms with Crippen molar-refractivity contribution in [2.45, 2.75) is 18.9 Å². The predicted octanol–water partition coefficient (Wildman–Crippen LogP) is 1.37. The largest absolute Gasteiger partial charge is 0.381 e. The third kappa shape index (κ3) is 2.82. The second-order valence-electron chi connectivity index (χ2n) is 4.77. The van der Waals surface area contributed by atoms with Crippen molar-refractivity contribution >= 4 is 17.5 Å². The summed E-state index contributed by atoms with van der Waals surface area (Å²) in [6.45, 7) is 4.79. The molecule has 1 aliphatic rings. The van der Waals surface area contributed by atoms with Gasteiger partial charge in [0.15, 0.2) is 0 Å². The summed E-state index contributed by atoms with van der Waals surface area (Å²) in [5, 5.41) is 3.13. The molecule has 20 heavy (non-hydrogen) atoms. The van der Waals surface area contributed by atoms with Crippen LogP contribution in [0.4, 0.5) is 5.69 Å². The number of nitrogens with one attached hydrogen (secondary N) is 1. The van der Waals surface area contributed by atoms with E-state index in [2.05, 4.69) is 11.9 Å². The Morgan fingerprint density at radius 3 is 2.90 bits per heavy atom. The van der Waals surface area contributed by atoms with Gasteiger partial charge in [0.1, 0.15) is 6.04 Å². The molecule has 1 atom stereocenters. The van der Waals surface area contributed by atoms with E-state index in [4.69, 9.17) is 5.73 Å². The first kappa shape index (κ1) is 14.1. The number of anilines is 1. The van der Waals surface area contributed by atoms with Crippen LogP contribution < -0.4 is 11.1 Å². The Morgan fingerprint density at radius 2 is 2.20 bits per heavy atom. The van der Waals surface area contributed by atoms with Crippen molar-refractivity contribution in [1.82, 2.24) is 4.90 Å². The maximum atomic E-state index is 12.6. The molecule has 106 valence electrons. The first-order chi connectivity index (χ1) is 9.65. The van der Waals surface area contributed by atoms with Gasteiger partial charge in [-0.1, -0.05) is 18.2 Å². The minimum Gasteiger partial charge on any atom is -0.381 e. The van der Waals surface area contributed by atoms with Crippen LogP contribution in [0.1, 0.15) is 23.2 Å². The van der Waals surface area contributed by atoms with Gasteiger partial charge in [0.2, 0.25) is 5.91 Å². The van der Waals surface area contributed by atoms with Crippen LogP contribution in [0.15, 0.2) is 36.9 Å². The number of nitrogens with zero attached hydrogens (tertiary/aromatic N) is 1. The zero-order valence-electron chi connectivity index (χ0n) is 11.3. The standard InChI is InChI=1S/C15H19N3O2/c1-2-9-17-12-7-4-3-6-11(12)15(20)18-10-5-8-13(18)14(16)19/h2-4,6-7,13,17H,1,5,8-10H2,(H2,16,19)/t13-/m1/s1. The smallest absolute Gasteiger partial charge is 0.256 e. The van der Waals surface area contributed by atoms with Crippen molar-refractivity contribution in [1.29, 1.82) is 0 Å². The number of amides is 2. The van der Waals surface area contributed by atoms with Crippen molar-refractivity contribution < 1.29 is 9.59 Å². The highest BCUT2D eigenvalue weighted by molar-refractivity contribution is 6.02. The second-order valence-corrected chi connectivity index (χ2v) is 4.77. The summed E-state index contributed by atoms with van der Waals surface area (Å²) < 4.78 is 0. The maximum Gasteiger partial charge on any atom is 0.256 e. The molecule has 0 radical (unpaired) electrons. The lowest BCUT2D eigenvalue weighted by Crippen LogP contribution is -2.43. The highest BCUT2D eigenvalue weighted by Gasteiger charge is 2.33. The van der Waals surface area contributed by atoms with Gasteiger partial charge >= 0.3 is 0 Å². The van der Waals surface area contributed by atoms with Crippen molar-refractivity contribution in [2.24, 2.45) is 5.73 Å². The lowest BCUT2D eigenvalue weighted by molar-refractivity contribution is -0.121. The zero-order chi connectivity index (χ0) is 14.5. The third-order valence-electron chi connectivity index (χ3n) is 3.44. The van der Waals surface area contributed by atoms with E-state index < -0.39 is 11.9 Å². The molecule has 1 heterocycles. The number of nitrogens with two attached hydrogens (primary N) is 1. The van der Waals surface area contributed by atoms with E-state index in [1.165, 1.54) is 0 Å². The minimum atomic E-state index is -0.491. The van der Waals surface area contributed by atoms with E-state index in [0.29, 0.717) is 25.1 Å². The average Bonchev–Trinajstić information content (AvgIpc) is 2.94. The first-order valence-corrected chi connectivity index (χ1v) is 6.69. The molecule has 5 nitrogen and oxygen atoms in total. The van der Waals surface area contributed by atoms with Gasteiger partial charge in [0.05, 0.1) is 5.56 Å². The Morgan fingerprint density at radius 1 is 1.45 bits per heavy atom. The van der Waals surface area contributed by atoms with Crippen LogP contribution in [-0.4, -0.2) is 35.8 Å². The van der Waals surface area contributed by atoms with Gasteiger partial charge < -0.3 is 16.0 Å². The fourth-order valence-corrected chi connectivity index (χ4v) is 2.47. The lowest BCUT2D eigenvalue weighted by atomic mass is 10.1. The molecule has 0 aromatic heterocycles. The SMILES string of the molecule is C=CCNc1ccccc1C(=O)N1CCC[C@@H]1C(N)=O. The molecular weight excluding hydrogens is 254 g/mol. The zero-order valence-corrected chi connectivity index (χ0v) is 11.3. The lowest BCUT2D eigenvalue weighted by Gasteiger charge is -2.23. The monoisotopic (exact) mass is 273 g/mol. The van der Waals surface area contributed by atoms with Gasteiger partial charge in [0.25, 0.3) is 5.91 Å². The Kier molecular flexibility index (Phi) is 4.40. The molecule has 1 aromatic rings. The Labute approximate surface area is 118 Å². The third-order valence-corrected chi connectivity index (χ3v) is 3.44. The molecule has 0 bridgehead atoms. The highest BCUT2D eigenvalue weighted by Crippen LogP contribution is 2.23. The minimum absolute atomic E-state index is 0.154. The summed E-state index contributed by atoms with van der Waals surface area (Å²) in [4.78, 5) is 25.6. The number of hydrogen-bond acceptors (Lipinski definition) is 3. The number of likely N-dealkylation sites (tertiary alicyclic amines) is 1. The van der Waals surface area contributed by atoms with Crippen LogP contribution in [0, 0.1) is 0 Å². The Bertz CT molecular complexity index is 528. The number of primary amides is 1. The Hall–Kier alpha value is -2.30. The number of para-hydroxylation sites is 1. The molecule has 1 aliphatic heterocycles. The average molecular weight is 273 g/mol. The summed E-state index contributed by atoms with van der Waals surface area (Å²) >= 11 is 0. The van der Waals surface area contributed by atoms with Crippen LogP contribution in [0.3, 0.4) is 0 Å². The maximum absolute atomic E-state index is 12.6. The molecule has 3 N–H and O–H groups in total. The molecule has 1 saturated heterocycles. The van der Waals surface area contributed by atoms with Gasteiger partial charge in [-0.05, 0) is 25.0 Å². The van der Waals surface area contributed by atoms with E-state index in [0.717, 1.165) is 12.1 Å². The fraction of sp³-hybridized carbons (Fsp3) is 0.333. The molecule has 0 saturated carbocycles. The Balaban J connectivity index is 2.24. The quantitative estimate of drug-likeness (QED) is 0.796. The molecule has 0 aliphatic carbocycles. The summed E-state index contributed by atoms with van der Waals surface area (Å²) in [6, 6.07) is 6.77. The van der Waals surface area contributed by atoms with Crippen LogP contribution >= 0.6 is 0 Å². The topological polar surface area (TPSA) is 75.4 Å². The van der Waals surface area contributed by atoms with Gasteiger partial charge in [-0.3, -0.25) is 9.59 Å². The van der Waals surface area contributed by atoms with E-state index in [1.54, 1.807) is 17.0 Å². The van der Waals surface area contributed by atoms with Gasteiger partial charge in [-0.15, -0.1) is 6.58 Å². The summed E-state index contributed by atoms with van der Waals surface area (Å²) in [5.41, 5.74) is 6.66. The summed E-state index contributed by atoms with van der Waals surface area (Å²) in [5.74, 6) is -0.592. The van der Waals surface area contributed by atoms with Gasteiger partial charge in [-0.25, -0.2) is 0 Å². The highest BCUT2D eigenvalue weighted by atomic mass is 16.2. The van der Waals surface area contributed by atoms with Crippen molar-refractivity contribution in [3.63, 3.8) is 0 Å². The van der Waals surface area contributed by atoms with Crippen LogP contribution in [-0.2, 0) is 4.79 Å². The number of hydrogen-bond donors (Lipinski definition) is 2. The van der Waals surface area contributed by atoms with Crippen molar-refractivity contribution in [2.75, 3.05) is 18.4 Å². The molecule has 0 spiro atoms. The molecule has 5 heteroatoms. The van der Waals surface area contributed by atoms with Gasteiger partial charge in [-0.2, -0.15) is 0 Å². The number of carbonyl (C=O) groups excluding carboxylic acids is 2. The molecule has 0 unspecified atom stereocenters. The van der Waals surface area contributed by atoms with Crippen LogP contribution in [0.2, 0.25) is 0 Å². The summed E-state index contributed by atoms with van der Waals surface area (Å²) in [7, 11) is 0. The number of rotatable bonds is 5. The van der Waals surface area contributed by atoms with E-state index in [9.17, 15) is 9.59 Å².